The second-order valence-corrected chi connectivity index (χ2v) is 7.70. The van der Waals surface area contributed by atoms with Gasteiger partial charge in [0.25, 0.3) is 0 Å². The summed E-state index contributed by atoms with van der Waals surface area (Å²) in [6.45, 7) is 5.56. The first-order valence-corrected chi connectivity index (χ1v) is 9.68. The van der Waals surface area contributed by atoms with Gasteiger partial charge in [-0.05, 0) is 64.9 Å². The van der Waals surface area contributed by atoms with Crippen LogP contribution < -0.4 is 0 Å². The van der Waals surface area contributed by atoms with Crippen molar-refractivity contribution in [1.82, 2.24) is 19.6 Å². The largest absolute Gasteiger partial charge is 0.396 e. The Labute approximate surface area is 157 Å². The standard InChI is InChI=1S/C21H32N4O/c1-17-19(16-25(22-17)20-9-5-4-6-10-20)15-24-12-11-21(23(2)3)18(14-24)8-7-13-26/h4-6,9-10,16,18,21,26H,7-8,11-15H2,1-3H3/t18-,21+/m1/s1. The molecule has 1 N–H and O–H groups in total. The average Bonchev–Trinajstić information content (AvgIpc) is 3.01. The van der Waals surface area contributed by atoms with Crippen LogP contribution in [0.25, 0.3) is 5.69 Å². The van der Waals surface area contributed by atoms with Gasteiger partial charge in [-0.1, -0.05) is 18.2 Å². The molecular formula is C21H32N4O. The summed E-state index contributed by atoms with van der Waals surface area (Å²) >= 11 is 0. The molecule has 0 unspecified atom stereocenters. The molecule has 0 spiro atoms. The maximum atomic E-state index is 9.23. The van der Waals surface area contributed by atoms with Crippen LogP contribution in [0, 0.1) is 12.8 Å². The summed E-state index contributed by atoms with van der Waals surface area (Å²) in [5.41, 5.74) is 3.52. The Balaban J connectivity index is 1.68. The highest BCUT2D eigenvalue weighted by atomic mass is 16.2. The van der Waals surface area contributed by atoms with E-state index in [0.29, 0.717) is 18.6 Å². The number of likely N-dealkylation sites (tertiary alicyclic amines) is 1. The molecular weight excluding hydrogens is 324 g/mol. The van der Waals surface area contributed by atoms with Crippen molar-refractivity contribution in [2.24, 2.45) is 5.92 Å². The predicted octanol–water partition coefficient (Wildman–Crippen LogP) is 2.71. The monoisotopic (exact) mass is 356 g/mol. The van der Waals surface area contributed by atoms with E-state index in [1.807, 2.05) is 22.9 Å². The molecule has 0 bridgehead atoms. The Morgan fingerprint density at radius 3 is 2.69 bits per heavy atom. The highest BCUT2D eigenvalue weighted by molar-refractivity contribution is 5.32. The molecule has 0 radical (unpaired) electrons. The minimum Gasteiger partial charge on any atom is -0.396 e. The van der Waals surface area contributed by atoms with Crippen molar-refractivity contribution in [3.8, 4) is 5.69 Å². The number of para-hydroxylation sites is 1. The number of hydrogen-bond donors (Lipinski definition) is 1. The van der Waals surface area contributed by atoms with E-state index >= 15 is 0 Å². The highest BCUT2D eigenvalue weighted by Crippen LogP contribution is 2.26. The molecule has 5 heteroatoms. The van der Waals surface area contributed by atoms with E-state index in [9.17, 15) is 5.11 Å². The minimum atomic E-state index is 0.291. The fourth-order valence-corrected chi connectivity index (χ4v) is 4.16. The molecule has 3 rings (SSSR count). The van der Waals surface area contributed by atoms with E-state index in [0.717, 1.165) is 43.9 Å². The van der Waals surface area contributed by atoms with Crippen molar-refractivity contribution in [1.29, 1.82) is 0 Å². The summed E-state index contributed by atoms with van der Waals surface area (Å²) in [7, 11) is 4.36. The van der Waals surface area contributed by atoms with Gasteiger partial charge in [0, 0.05) is 37.5 Å². The van der Waals surface area contributed by atoms with Gasteiger partial charge < -0.3 is 10.0 Å². The first-order chi connectivity index (χ1) is 12.6. The Morgan fingerprint density at radius 2 is 2.00 bits per heavy atom. The molecule has 1 aromatic heterocycles. The smallest absolute Gasteiger partial charge is 0.0645 e. The molecule has 26 heavy (non-hydrogen) atoms. The highest BCUT2D eigenvalue weighted by Gasteiger charge is 2.30. The lowest BCUT2D eigenvalue weighted by Crippen LogP contribution is -2.48. The number of aliphatic hydroxyl groups is 1. The SMILES string of the molecule is Cc1nn(-c2ccccc2)cc1CN1CC[C@H](N(C)C)[C@H](CCCO)C1. The third-order valence-corrected chi connectivity index (χ3v) is 5.59. The van der Waals surface area contributed by atoms with Gasteiger partial charge in [-0.25, -0.2) is 4.68 Å². The lowest BCUT2D eigenvalue weighted by Gasteiger charge is -2.41. The van der Waals surface area contributed by atoms with E-state index in [2.05, 4.69) is 49.1 Å². The van der Waals surface area contributed by atoms with Crippen LogP contribution in [0.3, 0.4) is 0 Å². The van der Waals surface area contributed by atoms with Crippen LogP contribution in [0.2, 0.25) is 0 Å². The molecule has 2 heterocycles. The van der Waals surface area contributed by atoms with Gasteiger partial charge in [0.2, 0.25) is 0 Å². The molecule has 2 aromatic rings. The zero-order valence-electron chi connectivity index (χ0n) is 16.3. The van der Waals surface area contributed by atoms with Crippen molar-refractivity contribution in [3.63, 3.8) is 0 Å². The van der Waals surface area contributed by atoms with Crippen LogP contribution in [0.15, 0.2) is 36.5 Å². The number of piperidine rings is 1. The van der Waals surface area contributed by atoms with Crippen LogP contribution >= 0.6 is 0 Å². The fraction of sp³-hybridized carbons (Fsp3) is 0.571. The summed E-state index contributed by atoms with van der Waals surface area (Å²) in [4.78, 5) is 4.92. The molecule has 0 saturated carbocycles. The van der Waals surface area contributed by atoms with E-state index in [4.69, 9.17) is 5.10 Å². The van der Waals surface area contributed by atoms with Gasteiger partial charge in [-0.2, -0.15) is 5.10 Å². The van der Waals surface area contributed by atoms with Crippen molar-refractivity contribution in [3.05, 3.63) is 47.8 Å². The van der Waals surface area contributed by atoms with Crippen LogP contribution in [0.4, 0.5) is 0 Å². The molecule has 142 valence electrons. The lowest BCUT2D eigenvalue weighted by molar-refractivity contribution is 0.0716. The van der Waals surface area contributed by atoms with Gasteiger partial charge in [0.15, 0.2) is 0 Å². The van der Waals surface area contributed by atoms with Crippen LogP contribution in [0.5, 0.6) is 0 Å². The van der Waals surface area contributed by atoms with E-state index in [1.54, 1.807) is 0 Å². The molecule has 0 aliphatic carbocycles. The summed E-state index contributed by atoms with van der Waals surface area (Å²) < 4.78 is 1.99. The Bertz CT molecular complexity index is 683. The number of aromatic nitrogens is 2. The lowest BCUT2D eigenvalue weighted by atomic mass is 9.87. The zero-order chi connectivity index (χ0) is 18.5. The van der Waals surface area contributed by atoms with E-state index < -0.39 is 0 Å². The summed E-state index contributed by atoms with van der Waals surface area (Å²) in [6.07, 6.45) is 5.35. The molecule has 1 fully saturated rings. The number of aliphatic hydroxyl groups excluding tert-OH is 1. The van der Waals surface area contributed by atoms with Crippen molar-refractivity contribution >= 4 is 0 Å². The van der Waals surface area contributed by atoms with Crippen molar-refractivity contribution in [2.75, 3.05) is 33.8 Å². The maximum Gasteiger partial charge on any atom is 0.0645 e. The quantitative estimate of drug-likeness (QED) is 0.828. The second kappa shape index (κ2) is 8.80. The van der Waals surface area contributed by atoms with Gasteiger partial charge in [0.05, 0.1) is 11.4 Å². The number of rotatable bonds is 7. The zero-order valence-corrected chi connectivity index (χ0v) is 16.3. The average molecular weight is 357 g/mol. The molecule has 5 nitrogen and oxygen atoms in total. The summed E-state index contributed by atoms with van der Waals surface area (Å²) in [6, 6.07) is 10.9. The minimum absolute atomic E-state index is 0.291. The molecule has 1 aliphatic rings. The Kier molecular flexibility index (Phi) is 6.46. The molecule has 1 aromatic carbocycles. The Hall–Kier alpha value is -1.69. The summed E-state index contributed by atoms with van der Waals surface area (Å²) in [5.74, 6) is 0.621. The van der Waals surface area contributed by atoms with Gasteiger partial charge in [-0.3, -0.25) is 4.90 Å². The molecule has 2 atom stereocenters. The first kappa shape index (κ1) is 19.1. The normalized spacial score (nSPS) is 21.4. The number of aryl methyl sites for hydroxylation is 1. The maximum absolute atomic E-state index is 9.23. The van der Waals surface area contributed by atoms with E-state index in [-0.39, 0.29) is 0 Å². The van der Waals surface area contributed by atoms with Crippen molar-refractivity contribution < 1.29 is 5.11 Å². The van der Waals surface area contributed by atoms with Crippen LogP contribution in [-0.4, -0.2) is 64.5 Å². The molecule has 1 aliphatic heterocycles. The molecule has 0 amide bonds. The van der Waals surface area contributed by atoms with Gasteiger partial charge >= 0.3 is 0 Å². The fourth-order valence-electron chi connectivity index (χ4n) is 4.16. The van der Waals surface area contributed by atoms with Crippen LogP contribution in [0.1, 0.15) is 30.5 Å². The van der Waals surface area contributed by atoms with Crippen molar-refractivity contribution in [2.45, 2.75) is 38.8 Å². The second-order valence-electron chi connectivity index (χ2n) is 7.70. The number of hydrogen-bond acceptors (Lipinski definition) is 4. The van der Waals surface area contributed by atoms with E-state index in [1.165, 1.54) is 12.0 Å². The third-order valence-electron chi connectivity index (χ3n) is 5.59. The first-order valence-electron chi connectivity index (χ1n) is 9.68. The van der Waals surface area contributed by atoms with Gasteiger partial charge in [0.1, 0.15) is 0 Å². The number of benzene rings is 1. The summed E-state index contributed by atoms with van der Waals surface area (Å²) in [5, 5.41) is 13.9. The number of nitrogens with zero attached hydrogens (tertiary/aromatic N) is 4. The predicted molar refractivity (Wildman–Crippen MR) is 105 cm³/mol. The topological polar surface area (TPSA) is 44.5 Å². The Morgan fingerprint density at radius 1 is 1.23 bits per heavy atom. The third kappa shape index (κ3) is 4.53. The molecule has 1 saturated heterocycles. The van der Waals surface area contributed by atoms with Crippen LogP contribution in [-0.2, 0) is 6.54 Å². The van der Waals surface area contributed by atoms with Gasteiger partial charge in [-0.15, -0.1) is 0 Å².